The first kappa shape index (κ1) is 11.8. The molecule has 0 aromatic carbocycles. The van der Waals surface area contributed by atoms with E-state index in [0.29, 0.717) is 21.3 Å². The standard InChI is InChI=1S/C12H10BrN3OS/c13-10-3-1-2-8(14-10)11(17)16-12-15-9(6-18-12)7-4-5-7/h1-3,6-7H,4-5H2,(H,15,16,17). The molecule has 0 saturated heterocycles. The molecule has 3 rings (SSSR count). The Kier molecular flexibility index (Phi) is 3.13. The number of amides is 1. The van der Waals surface area contributed by atoms with E-state index in [1.165, 1.54) is 24.2 Å². The summed E-state index contributed by atoms with van der Waals surface area (Å²) in [6, 6.07) is 5.24. The van der Waals surface area contributed by atoms with Gasteiger partial charge in [0.15, 0.2) is 5.13 Å². The lowest BCUT2D eigenvalue weighted by Gasteiger charge is -2.00. The van der Waals surface area contributed by atoms with Crippen molar-refractivity contribution in [2.24, 2.45) is 0 Å². The average molecular weight is 324 g/mol. The Hall–Kier alpha value is -1.27. The number of pyridine rings is 1. The second-order valence-corrected chi connectivity index (χ2v) is 5.82. The summed E-state index contributed by atoms with van der Waals surface area (Å²) in [5, 5.41) is 5.43. The summed E-state index contributed by atoms with van der Waals surface area (Å²) < 4.78 is 0.646. The first-order valence-electron chi connectivity index (χ1n) is 5.62. The molecule has 6 heteroatoms. The Morgan fingerprint density at radius 2 is 2.22 bits per heavy atom. The third-order valence-electron chi connectivity index (χ3n) is 2.69. The molecule has 0 radical (unpaired) electrons. The Bertz CT molecular complexity index is 595. The highest BCUT2D eigenvalue weighted by Gasteiger charge is 2.26. The van der Waals surface area contributed by atoms with Gasteiger partial charge in [-0.3, -0.25) is 10.1 Å². The van der Waals surface area contributed by atoms with Crippen LogP contribution in [-0.4, -0.2) is 15.9 Å². The number of nitrogens with one attached hydrogen (secondary N) is 1. The molecule has 0 spiro atoms. The fourth-order valence-corrected chi connectivity index (χ4v) is 2.74. The van der Waals surface area contributed by atoms with E-state index in [-0.39, 0.29) is 5.91 Å². The Morgan fingerprint density at radius 3 is 2.94 bits per heavy atom. The Morgan fingerprint density at radius 1 is 1.39 bits per heavy atom. The van der Waals surface area contributed by atoms with Gasteiger partial charge in [0.25, 0.3) is 5.91 Å². The lowest BCUT2D eigenvalue weighted by atomic mass is 10.3. The molecule has 1 fully saturated rings. The fourth-order valence-electron chi connectivity index (χ4n) is 1.61. The maximum atomic E-state index is 11.9. The van der Waals surface area contributed by atoms with Crippen LogP contribution in [0.4, 0.5) is 5.13 Å². The van der Waals surface area contributed by atoms with E-state index < -0.39 is 0 Å². The number of aromatic nitrogens is 2. The summed E-state index contributed by atoms with van der Waals surface area (Å²) in [7, 11) is 0. The minimum absolute atomic E-state index is 0.229. The van der Waals surface area contributed by atoms with Gasteiger partial charge in [0.2, 0.25) is 0 Å². The van der Waals surface area contributed by atoms with Crippen LogP contribution in [0.15, 0.2) is 28.2 Å². The van der Waals surface area contributed by atoms with Gasteiger partial charge in [-0.25, -0.2) is 9.97 Å². The Labute approximate surface area is 117 Å². The van der Waals surface area contributed by atoms with Crippen molar-refractivity contribution in [3.8, 4) is 0 Å². The highest BCUT2D eigenvalue weighted by Crippen LogP contribution is 2.40. The molecule has 18 heavy (non-hydrogen) atoms. The van der Waals surface area contributed by atoms with Gasteiger partial charge >= 0.3 is 0 Å². The van der Waals surface area contributed by atoms with Crippen LogP contribution in [0, 0.1) is 0 Å². The molecule has 0 bridgehead atoms. The molecule has 92 valence electrons. The first-order valence-corrected chi connectivity index (χ1v) is 7.29. The third kappa shape index (κ3) is 2.59. The van der Waals surface area contributed by atoms with Crippen molar-refractivity contribution < 1.29 is 4.79 Å². The summed E-state index contributed by atoms with van der Waals surface area (Å²) in [6.45, 7) is 0. The van der Waals surface area contributed by atoms with Crippen molar-refractivity contribution in [2.75, 3.05) is 5.32 Å². The molecule has 2 aromatic heterocycles. The molecule has 0 atom stereocenters. The van der Waals surface area contributed by atoms with Crippen molar-refractivity contribution in [3.63, 3.8) is 0 Å². The number of carbonyl (C=O) groups is 1. The summed E-state index contributed by atoms with van der Waals surface area (Å²) in [6.07, 6.45) is 2.43. The van der Waals surface area contributed by atoms with Crippen LogP contribution in [-0.2, 0) is 0 Å². The second-order valence-electron chi connectivity index (χ2n) is 4.15. The minimum Gasteiger partial charge on any atom is -0.296 e. The van der Waals surface area contributed by atoms with E-state index in [2.05, 4.69) is 31.2 Å². The topological polar surface area (TPSA) is 54.9 Å². The van der Waals surface area contributed by atoms with Crippen LogP contribution in [0.25, 0.3) is 0 Å². The summed E-state index contributed by atoms with van der Waals surface area (Å²) in [5.74, 6) is 0.379. The van der Waals surface area contributed by atoms with Crippen LogP contribution < -0.4 is 5.32 Å². The van der Waals surface area contributed by atoms with Crippen molar-refractivity contribution in [2.45, 2.75) is 18.8 Å². The Balaban J connectivity index is 1.73. The van der Waals surface area contributed by atoms with Gasteiger partial charge in [0, 0.05) is 11.3 Å². The predicted octanol–water partition coefficient (Wildman–Crippen LogP) is 3.43. The number of thiazole rings is 1. The molecule has 1 N–H and O–H groups in total. The van der Waals surface area contributed by atoms with E-state index in [9.17, 15) is 4.79 Å². The molecule has 1 amide bonds. The minimum atomic E-state index is -0.229. The lowest BCUT2D eigenvalue weighted by molar-refractivity contribution is 0.102. The highest BCUT2D eigenvalue weighted by molar-refractivity contribution is 9.10. The van der Waals surface area contributed by atoms with Crippen LogP contribution >= 0.6 is 27.3 Å². The van der Waals surface area contributed by atoms with Crippen LogP contribution in [0.1, 0.15) is 34.9 Å². The number of hydrogen-bond acceptors (Lipinski definition) is 4. The molecule has 2 heterocycles. The molecule has 0 unspecified atom stereocenters. The molecule has 1 aliphatic carbocycles. The average Bonchev–Trinajstić information content (AvgIpc) is 3.11. The van der Waals surface area contributed by atoms with Crippen molar-refractivity contribution in [3.05, 3.63) is 39.6 Å². The van der Waals surface area contributed by atoms with E-state index >= 15 is 0 Å². The van der Waals surface area contributed by atoms with Gasteiger partial charge in [0.05, 0.1) is 5.69 Å². The second kappa shape index (κ2) is 4.78. The van der Waals surface area contributed by atoms with Gasteiger partial charge in [0.1, 0.15) is 10.3 Å². The first-order chi connectivity index (χ1) is 8.72. The predicted molar refractivity (Wildman–Crippen MR) is 74.0 cm³/mol. The van der Waals surface area contributed by atoms with E-state index in [4.69, 9.17) is 0 Å². The van der Waals surface area contributed by atoms with Gasteiger partial charge in [-0.15, -0.1) is 11.3 Å². The van der Waals surface area contributed by atoms with E-state index in [1.54, 1.807) is 18.2 Å². The summed E-state index contributed by atoms with van der Waals surface area (Å²) in [5.41, 5.74) is 1.48. The van der Waals surface area contributed by atoms with Crippen LogP contribution in [0.5, 0.6) is 0 Å². The number of halogens is 1. The number of hydrogen-bond donors (Lipinski definition) is 1. The molecule has 4 nitrogen and oxygen atoms in total. The van der Waals surface area contributed by atoms with Gasteiger partial charge < -0.3 is 0 Å². The zero-order valence-electron chi connectivity index (χ0n) is 9.39. The maximum absolute atomic E-state index is 11.9. The van der Waals surface area contributed by atoms with Crippen LogP contribution in [0.3, 0.4) is 0 Å². The number of carbonyl (C=O) groups excluding carboxylic acids is 1. The van der Waals surface area contributed by atoms with Gasteiger partial charge in [-0.2, -0.15) is 0 Å². The smallest absolute Gasteiger partial charge is 0.276 e. The van der Waals surface area contributed by atoms with Crippen molar-refractivity contribution in [1.29, 1.82) is 0 Å². The quantitative estimate of drug-likeness (QED) is 0.880. The normalized spacial score (nSPS) is 14.5. The zero-order valence-corrected chi connectivity index (χ0v) is 11.8. The lowest BCUT2D eigenvalue weighted by Crippen LogP contribution is -2.13. The fraction of sp³-hybridized carbons (Fsp3) is 0.250. The van der Waals surface area contributed by atoms with Gasteiger partial charge in [-0.05, 0) is 40.9 Å². The maximum Gasteiger partial charge on any atom is 0.276 e. The molecular weight excluding hydrogens is 314 g/mol. The van der Waals surface area contributed by atoms with Crippen molar-refractivity contribution >= 4 is 38.3 Å². The molecule has 1 aliphatic rings. The summed E-state index contributed by atoms with van der Waals surface area (Å²) in [4.78, 5) is 20.4. The SMILES string of the molecule is O=C(Nc1nc(C2CC2)cs1)c1cccc(Br)n1. The van der Waals surface area contributed by atoms with Crippen molar-refractivity contribution in [1.82, 2.24) is 9.97 Å². The van der Waals surface area contributed by atoms with Crippen LogP contribution in [0.2, 0.25) is 0 Å². The molecular formula is C12H10BrN3OS. The number of anilines is 1. The highest BCUT2D eigenvalue weighted by atomic mass is 79.9. The number of nitrogens with zero attached hydrogens (tertiary/aromatic N) is 2. The monoisotopic (exact) mass is 323 g/mol. The molecule has 0 aliphatic heterocycles. The molecule has 1 saturated carbocycles. The number of rotatable bonds is 3. The summed E-state index contributed by atoms with van der Waals surface area (Å²) >= 11 is 4.71. The third-order valence-corrected chi connectivity index (χ3v) is 3.90. The van der Waals surface area contributed by atoms with Gasteiger partial charge in [-0.1, -0.05) is 6.07 Å². The zero-order chi connectivity index (χ0) is 12.5. The molecule has 2 aromatic rings. The van der Waals surface area contributed by atoms with E-state index in [1.807, 2.05) is 5.38 Å². The van der Waals surface area contributed by atoms with E-state index in [0.717, 1.165) is 5.69 Å². The largest absolute Gasteiger partial charge is 0.296 e.